The first-order valence-electron chi connectivity index (χ1n) is 5.55. The second kappa shape index (κ2) is 5.67. The molecule has 4 nitrogen and oxygen atoms in total. The molecule has 0 unspecified atom stereocenters. The maximum Gasteiger partial charge on any atom is 0.335 e. The number of hydrogen-bond donors (Lipinski definition) is 2. The molecule has 19 heavy (non-hydrogen) atoms. The summed E-state index contributed by atoms with van der Waals surface area (Å²) in [6.45, 7) is 0. The normalized spacial score (nSPS) is 10.2. The van der Waals surface area contributed by atoms with Gasteiger partial charge in [0.1, 0.15) is 5.75 Å². The van der Waals surface area contributed by atoms with Crippen molar-refractivity contribution in [1.29, 1.82) is 0 Å². The highest BCUT2D eigenvalue weighted by atomic mass is 32.2. The maximum atomic E-state index is 10.7. The van der Waals surface area contributed by atoms with E-state index in [0.29, 0.717) is 11.4 Å². The van der Waals surface area contributed by atoms with Crippen LogP contribution in [0.25, 0.3) is 0 Å². The summed E-state index contributed by atoms with van der Waals surface area (Å²) < 4.78 is 5.09. The Morgan fingerprint density at radius 1 is 1.16 bits per heavy atom. The second-order valence-electron chi connectivity index (χ2n) is 3.84. The summed E-state index contributed by atoms with van der Waals surface area (Å²) in [6, 6.07) is 12.3. The van der Waals surface area contributed by atoms with E-state index in [1.807, 2.05) is 18.2 Å². The number of benzene rings is 2. The number of carboxylic acid groups (broad SMARTS) is 1. The van der Waals surface area contributed by atoms with Crippen LogP contribution in [0.5, 0.6) is 5.75 Å². The van der Waals surface area contributed by atoms with Gasteiger partial charge in [0.25, 0.3) is 0 Å². The molecule has 0 aliphatic heterocycles. The van der Waals surface area contributed by atoms with Crippen LogP contribution in [0.1, 0.15) is 10.4 Å². The topological polar surface area (TPSA) is 72.5 Å². The second-order valence-corrected chi connectivity index (χ2v) is 4.98. The summed E-state index contributed by atoms with van der Waals surface area (Å²) in [7, 11) is 1.57. The van der Waals surface area contributed by atoms with E-state index in [1.54, 1.807) is 31.4 Å². The predicted octanol–water partition coefficient (Wildman–Crippen LogP) is 3.13. The zero-order valence-corrected chi connectivity index (χ0v) is 11.1. The van der Waals surface area contributed by atoms with E-state index in [0.717, 1.165) is 9.79 Å². The van der Waals surface area contributed by atoms with Crippen LogP contribution in [0, 0.1) is 0 Å². The van der Waals surface area contributed by atoms with Gasteiger partial charge >= 0.3 is 5.97 Å². The summed E-state index contributed by atoms with van der Waals surface area (Å²) in [5.74, 6) is -0.282. The van der Waals surface area contributed by atoms with Crippen LogP contribution in [0.15, 0.2) is 52.3 Å². The molecule has 0 spiro atoms. The van der Waals surface area contributed by atoms with Crippen LogP contribution < -0.4 is 10.5 Å². The summed E-state index contributed by atoms with van der Waals surface area (Å²) >= 11 is 1.51. The first-order chi connectivity index (χ1) is 9.10. The highest BCUT2D eigenvalue weighted by molar-refractivity contribution is 7.99. The van der Waals surface area contributed by atoms with Gasteiger partial charge in [0.05, 0.1) is 18.4 Å². The SMILES string of the molecule is COc1ccc(Sc2ccc(C(=O)O)cc2)cc1N. The Hall–Kier alpha value is -2.14. The zero-order valence-electron chi connectivity index (χ0n) is 10.3. The van der Waals surface area contributed by atoms with Crippen molar-refractivity contribution in [3.8, 4) is 5.75 Å². The van der Waals surface area contributed by atoms with E-state index in [4.69, 9.17) is 15.6 Å². The lowest BCUT2D eigenvalue weighted by atomic mass is 10.2. The minimum Gasteiger partial charge on any atom is -0.495 e. The van der Waals surface area contributed by atoms with Gasteiger partial charge in [-0.25, -0.2) is 4.79 Å². The van der Waals surface area contributed by atoms with E-state index < -0.39 is 5.97 Å². The van der Waals surface area contributed by atoms with Crippen LogP contribution in [0.3, 0.4) is 0 Å². The summed E-state index contributed by atoms with van der Waals surface area (Å²) in [5, 5.41) is 8.82. The van der Waals surface area contributed by atoms with E-state index in [1.165, 1.54) is 11.8 Å². The Morgan fingerprint density at radius 2 is 1.79 bits per heavy atom. The number of carboxylic acids is 1. The van der Waals surface area contributed by atoms with Gasteiger partial charge in [-0.3, -0.25) is 0 Å². The summed E-state index contributed by atoms with van der Waals surface area (Å²) in [5.41, 5.74) is 6.69. The third kappa shape index (κ3) is 3.20. The summed E-state index contributed by atoms with van der Waals surface area (Å²) in [6.07, 6.45) is 0. The standard InChI is InChI=1S/C14H13NO3S/c1-18-13-7-6-11(8-12(13)15)19-10-4-2-9(3-5-10)14(16)17/h2-8H,15H2,1H3,(H,16,17). The molecule has 98 valence electrons. The molecule has 0 radical (unpaired) electrons. The average Bonchev–Trinajstić information content (AvgIpc) is 2.39. The van der Waals surface area contributed by atoms with Gasteiger partial charge in [-0.05, 0) is 42.5 Å². The quantitative estimate of drug-likeness (QED) is 0.839. The highest BCUT2D eigenvalue weighted by Crippen LogP contribution is 2.32. The number of nitrogens with two attached hydrogens (primary N) is 1. The van der Waals surface area contributed by atoms with Crippen molar-refractivity contribution in [2.75, 3.05) is 12.8 Å². The molecule has 0 saturated carbocycles. The minimum atomic E-state index is -0.926. The van der Waals surface area contributed by atoms with Crippen molar-refractivity contribution in [3.05, 3.63) is 48.0 Å². The molecule has 0 bridgehead atoms. The molecule has 2 aromatic rings. The van der Waals surface area contributed by atoms with Crippen molar-refractivity contribution in [1.82, 2.24) is 0 Å². The van der Waals surface area contributed by atoms with E-state index in [-0.39, 0.29) is 5.56 Å². The molecule has 0 aliphatic carbocycles. The zero-order chi connectivity index (χ0) is 13.8. The van der Waals surface area contributed by atoms with Crippen LogP contribution >= 0.6 is 11.8 Å². The van der Waals surface area contributed by atoms with E-state index in [9.17, 15) is 4.79 Å². The van der Waals surface area contributed by atoms with Crippen LogP contribution in [0.4, 0.5) is 5.69 Å². The molecule has 2 rings (SSSR count). The number of aromatic carboxylic acids is 1. The Kier molecular flexibility index (Phi) is 3.97. The van der Waals surface area contributed by atoms with Crippen molar-refractivity contribution in [2.24, 2.45) is 0 Å². The number of carbonyl (C=O) groups is 1. The molecular weight excluding hydrogens is 262 g/mol. The molecule has 2 aromatic carbocycles. The molecule has 0 aromatic heterocycles. The maximum absolute atomic E-state index is 10.7. The molecule has 0 atom stereocenters. The number of hydrogen-bond acceptors (Lipinski definition) is 4. The highest BCUT2D eigenvalue weighted by Gasteiger charge is 2.05. The largest absolute Gasteiger partial charge is 0.495 e. The fraction of sp³-hybridized carbons (Fsp3) is 0.0714. The lowest BCUT2D eigenvalue weighted by molar-refractivity contribution is 0.0697. The Bertz CT molecular complexity index is 596. The molecule has 0 fully saturated rings. The van der Waals surface area contributed by atoms with Crippen molar-refractivity contribution < 1.29 is 14.6 Å². The number of ether oxygens (including phenoxy) is 1. The van der Waals surface area contributed by atoms with Gasteiger partial charge < -0.3 is 15.6 Å². The molecule has 3 N–H and O–H groups in total. The number of methoxy groups -OCH3 is 1. The molecule has 0 aliphatic rings. The lowest BCUT2D eigenvalue weighted by Gasteiger charge is -2.07. The van der Waals surface area contributed by atoms with Gasteiger partial charge in [0, 0.05) is 9.79 Å². The van der Waals surface area contributed by atoms with Crippen molar-refractivity contribution >= 4 is 23.4 Å². The van der Waals surface area contributed by atoms with Gasteiger partial charge in [0.2, 0.25) is 0 Å². The fourth-order valence-corrected chi connectivity index (χ4v) is 2.44. The van der Waals surface area contributed by atoms with Gasteiger partial charge in [0.15, 0.2) is 0 Å². The fourth-order valence-electron chi connectivity index (χ4n) is 1.58. The van der Waals surface area contributed by atoms with Crippen LogP contribution in [-0.2, 0) is 0 Å². The van der Waals surface area contributed by atoms with Crippen LogP contribution in [0.2, 0.25) is 0 Å². The summed E-state index contributed by atoms with van der Waals surface area (Å²) in [4.78, 5) is 12.7. The van der Waals surface area contributed by atoms with Gasteiger partial charge in [-0.2, -0.15) is 0 Å². The predicted molar refractivity (Wildman–Crippen MR) is 74.9 cm³/mol. The van der Waals surface area contributed by atoms with Gasteiger partial charge in [-0.1, -0.05) is 11.8 Å². The third-order valence-electron chi connectivity index (χ3n) is 2.54. The molecule has 0 amide bonds. The van der Waals surface area contributed by atoms with E-state index in [2.05, 4.69) is 0 Å². The van der Waals surface area contributed by atoms with Crippen molar-refractivity contribution in [2.45, 2.75) is 9.79 Å². The lowest BCUT2D eigenvalue weighted by Crippen LogP contribution is -1.94. The average molecular weight is 275 g/mol. The first-order valence-corrected chi connectivity index (χ1v) is 6.36. The number of rotatable bonds is 4. The third-order valence-corrected chi connectivity index (χ3v) is 3.54. The Morgan fingerprint density at radius 3 is 2.32 bits per heavy atom. The number of anilines is 1. The molecule has 0 heterocycles. The van der Waals surface area contributed by atoms with Crippen LogP contribution in [-0.4, -0.2) is 18.2 Å². The Labute approximate surface area is 115 Å². The molecular formula is C14H13NO3S. The number of nitrogen functional groups attached to an aromatic ring is 1. The van der Waals surface area contributed by atoms with Crippen molar-refractivity contribution in [3.63, 3.8) is 0 Å². The monoisotopic (exact) mass is 275 g/mol. The van der Waals surface area contributed by atoms with Gasteiger partial charge in [-0.15, -0.1) is 0 Å². The molecule has 0 saturated heterocycles. The smallest absolute Gasteiger partial charge is 0.335 e. The first kappa shape index (κ1) is 13.3. The minimum absolute atomic E-state index is 0.276. The van der Waals surface area contributed by atoms with E-state index >= 15 is 0 Å². The molecule has 5 heteroatoms. The Balaban J connectivity index is 2.16.